The number of rotatable bonds is 7. The van der Waals surface area contributed by atoms with Crippen molar-refractivity contribution in [3.8, 4) is 6.07 Å². The van der Waals surface area contributed by atoms with E-state index < -0.39 is 0 Å². The predicted octanol–water partition coefficient (Wildman–Crippen LogP) is 3.74. The molecule has 1 aliphatic carbocycles. The Morgan fingerprint density at radius 3 is 2.71 bits per heavy atom. The molecule has 0 aliphatic heterocycles. The van der Waals surface area contributed by atoms with Gasteiger partial charge in [0.1, 0.15) is 11.4 Å². The Kier molecular flexibility index (Phi) is 7.07. The van der Waals surface area contributed by atoms with Crippen LogP contribution in [0.5, 0.6) is 0 Å². The minimum atomic E-state index is -0.321. The van der Waals surface area contributed by atoms with Crippen LogP contribution < -0.4 is 16.6 Å². The van der Waals surface area contributed by atoms with Crippen molar-refractivity contribution in [1.82, 2.24) is 20.0 Å². The highest BCUT2D eigenvalue weighted by atomic mass is 16.1. The molecule has 1 aromatic carbocycles. The molecule has 9 heteroatoms. The van der Waals surface area contributed by atoms with Gasteiger partial charge in [-0.15, -0.1) is 5.10 Å². The highest BCUT2D eigenvalue weighted by Crippen LogP contribution is 2.29. The molecule has 176 valence electrons. The number of nitriles is 1. The van der Waals surface area contributed by atoms with E-state index in [9.17, 15) is 10.1 Å². The van der Waals surface area contributed by atoms with Crippen molar-refractivity contribution in [3.05, 3.63) is 70.4 Å². The second kappa shape index (κ2) is 10.3. The van der Waals surface area contributed by atoms with Crippen LogP contribution in [0.4, 0.5) is 11.4 Å². The number of anilines is 1. The summed E-state index contributed by atoms with van der Waals surface area (Å²) in [6.07, 6.45) is 8.94. The van der Waals surface area contributed by atoms with Crippen molar-refractivity contribution in [2.45, 2.75) is 51.6 Å². The zero-order valence-electron chi connectivity index (χ0n) is 19.5. The average molecular weight is 459 g/mol. The van der Waals surface area contributed by atoms with Crippen LogP contribution in [-0.4, -0.2) is 31.9 Å². The van der Waals surface area contributed by atoms with Gasteiger partial charge in [-0.1, -0.05) is 44.0 Å². The van der Waals surface area contributed by atoms with Crippen molar-refractivity contribution >= 4 is 17.2 Å². The van der Waals surface area contributed by atoms with E-state index >= 15 is 0 Å². The molecule has 1 fully saturated rings. The van der Waals surface area contributed by atoms with Crippen LogP contribution in [0.3, 0.4) is 0 Å². The number of hydrogen-bond donors (Lipinski definition) is 3. The van der Waals surface area contributed by atoms with E-state index in [1.165, 1.54) is 0 Å². The van der Waals surface area contributed by atoms with Crippen molar-refractivity contribution in [2.24, 2.45) is 22.6 Å². The van der Waals surface area contributed by atoms with Gasteiger partial charge >= 0.3 is 0 Å². The topological polar surface area (TPSA) is 138 Å². The molecule has 1 saturated carbocycles. The van der Waals surface area contributed by atoms with Crippen molar-refractivity contribution in [1.29, 1.82) is 5.26 Å². The van der Waals surface area contributed by atoms with Crippen LogP contribution in [0.25, 0.3) is 0 Å². The Hall–Kier alpha value is -3.93. The normalized spacial score (nSPS) is 19.5. The van der Waals surface area contributed by atoms with Crippen LogP contribution in [0.2, 0.25) is 0 Å². The molecule has 1 aliphatic rings. The van der Waals surface area contributed by atoms with E-state index in [0.717, 1.165) is 31.2 Å². The maximum absolute atomic E-state index is 12.7. The summed E-state index contributed by atoms with van der Waals surface area (Å²) >= 11 is 0. The van der Waals surface area contributed by atoms with Gasteiger partial charge in [0.15, 0.2) is 0 Å². The summed E-state index contributed by atoms with van der Waals surface area (Å²) in [5.41, 5.74) is 8.62. The van der Waals surface area contributed by atoms with E-state index in [-0.39, 0.29) is 35.0 Å². The number of amidine groups is 1. The second-order valence-electron chi connectivity index (χ2n) is 9.03. The minimum Gasteiger partial charge on any atom is -0.383 e. The third kappa shape index (κ3) is 5.01. The van der Waals surface area contributed by atoms with E-state index in [2.05, 4.69) is 45.5 Å². The van der Waals surface area contributed by atoms with Crippen molar-refractivity contribution < 1.29 is 0 Å². The zero-order chi connectivity index (χ0) is 24.1. The summed E-state index contributed by atoms with van der Waals surface area (Å²) in [4.78, 5) is 19.9. The van der Waals surface area contributed by atoms with E-state index in [0.29, 0.717) is 17.3 Å². The van der Waals surface area contributed by atoms with Crippen LogP contribution in [0.1, 0.15) is 56.7 Å². The number of pyridine rings is 1. The summed E-state index contributed by atoms with van der Waals surface area (Å²) in [6.45, 7) is 4.27. The number of nitrogens with two attached hydrogens (primary N) is 1. The number of nitrogens with zero attached hydrogens (tertiary/aromatic N) is 5. The first-order valence-corrected chi connectivity index (χ1v) is 11.7. The largest absolute Gasteiger partial charge is 0.383 e. The molecule has 3 aromatic rings. The first-order chi connectivity index (χ1) is 16.5. The van der Waals surface area contributed by atoms with Gasteiger partial charge in [-0.25, -0.2) is 9.67 Å². The fraction of sp³-hybridized carbons (Fsp3) is 0.400. The highest BCUT2D eigenvalue weighted by molar-refractivity contribution is 6.03. The first-order valence-electron chi connectivity index (χ1n) is 11.7. The molecular formula is C25H30N8O. The molecule has 0 radical (unpaired) electrons. The second-order valence-corrected chi connectivity index (χ2v) is 9.03. The van der Waals surface area contributed by atoms with Crippen LogP contribution in [-0.2, 0) is 0 Å². The Labute approximate surface area is 198 Å². The predicted molar refractivity (Wildman–Crippen MR) is 132 cm³/mol. The SMILES string of the molecule is CC(C)C(c1ccc(N=C(N)c2c(N[C@H]3CCCC[C@@H]3C#N)cc[nH]c2=O)cc1)n1ccnn1. The number of aliphatic imine (C=N–C) groups is 1. The fourth-order valence-corrected chi connectivity index (χ4v) is 4.66. The van der Waals surface area contributed by atoms with Gasteiger partial charge in [0, 0.05) is 18.4 Å². The monoisotopic (exact) mass is 458 g/mol. The molecular weight excluding hydrogens is 428 g/mol. The van der Waals surface area contributed by atoms with E-state index in [4.69, 9.17) is 5.73 Å². The van der Waals surface area contributed by atoms with Gasteiger partial charge in [0.2, 0.25) is 0 Å². The summed E-state index contributed by atoms with van der Waals surface area (Å²) in [5, 5.41) is 21.0. The molecule has 1 unspecified atom stereocenters. The van der Waals surface area contributed by atoms with Gasteiger partial charge in [0.25, 0.3) is 5.56 Å². The zero-order valence-corrected chi connectivity index (χ0v) is 19.5. The molecule has 0 amide bonds. The summed E-state index contributed by atoms with van der Waals surface area (Å²) in [6, 6.07) is 11.9. The lowest BCUT2D eigenvalue weighted by Crippen LogP contribution is -2.34. The van der Waals surface area contributed by atoms with Gasteiger partial charge in [-0.2, -0.15) is 5.26 Å². The smallest absolute Gasteiger partial charge is 0.261 e. The molecule has 3 atom stereocenters. The molecule has 2 heterocycles. The maximum Gasteiger partial charge on any atom is 0.261 e. The molecule has 2 aromatic heterocycles. The Balaban J connectivity index is 1.60. The van der Waals surface area contributed by atoms with Gasteiger partial charge < -0.3 is 16.0 Å². The molecule has 0 saturated heterocycles. The first kappa shape index (κ1) is 23.2. The fourth-order valence-electron chi connectivity index (χ4n) is 4.66. The average Bonchev–Trinajstić information content (AvgIpc) is 3.35. The lowest BCUT2D eigenvalue weighted by Gasteiger charge is -2.29. The third-order valence-corrected chi connectivity index (χ3v) is 6.33. The standard InChI is InChI=1S/C25H30N8O/c1-16(2)23(33-14-13-29-32-33)17-7-9-19(10-8-17)30-24(27)22-21(11-12-28-25(22)34)31-20-6-4-3-5-18(20)15-26/h7-14,16,18,20,23H,3-6H2,1-2H3,(H2,27,30)(H2,28,31,34)/t18-,20+,23?/m1/s1. The molecule has 4 rings (SSSR count). The number of nitrogens with one attached hydrogen (secondary N) is 2. The molecule has 4 N–H and O–H groups in total. The summed E-state index contributed by atoms with van der Waals surface area (Å²) in [7, 11) is 0. The summed E-state index contributed by atoms with van der Waals surface area (Å²) in [5.74, 6) is 0.346. The Bertz CT molecular complexity index is 1220. The van der Waals surface area contributed by atoms with E-state index in [1.807, 2.05) is 35.1 Å². The highest BCUT2D eigenvalue weighted by Gasteiger charge is 2.26. The summed E-state index contributed by atoms with van der Waals surface area (Å²) < 4.78 is 1.85. The minimum absolute atomic E-state index is 0.0175. The molecule has 0 bridgehead atoms. The van der Waals surface area contributed by atoms with E-state index in [1.54, 1.807) is 18.5 Å². The van der Waals surface area contributed by atoms with Gasteiger partial charge in [-0.05, 0) is 42.5 Å². The maximum atomic E-state index is 12.7. The molecule has 34 heavy (non-hydrogen) atoms. The van der Waals surface area contributed by atoms with Crippen molar-refractivity contribution in [2.75, 3.05) is 5.32 Å². The molecule has 9 nitrogen and oxygen atoms in total. The van der Waals surface area contributed by atoms with Crippen LogP contribution in [0, 0.1) is 23.2 Å². The number of H-pyrrole nitrogens is 1. The Morgan fingerprint density at radius 2 is 2.03 bits per heavy atom. The number of hydrogen-bond acceptors (Lipinski definition) is 6. The van der Waals surface area contributed by atoms with Crippen LogP contribution in [0.15, 0.2) is 58.7 Å². The lowest BCUT2D eigenvalue weighted by atomic mass is 9.85. The van der Waals surface area contributed by atoms with Crippen LogP contribution >= 0.6 is 0 Å². The Morgan fingerprint density at radius 1 is 1.26 bits per heavy atom. The number of aromatic nitrogens is 4. The lowest BCUT2D eigenvalue weighted by molar-refractivity contribution is 0.388. The number of benzene rings is 1. The number of aromatic amines is 1. The van der Waals surface area contributed by atoms with Gasteiger partial charge in [-0.3, -0.25) is 4.79 Å². The van der Waals surface area contributed by atoms with Gasteiger partial charge in [0.05, 0.1) is 35.6 Å². The molecule has 0 spiro atoms. The third-order valence-electron chi connectivity index (χ3n) is 6.33. The quantitative estimate of drug-likeness (QED) is 0.364. The van der Waals surface area contributed by atoms with Crippen molar-refractivity contribution in [3.63, 3.8) is 0 Å².